The highest BCUT2D eigenvalue weighted by Gasteiger charge is 2.17. The molecule has 1 aromatic heterocycles. The fraction of sp³-hybridized carbons (Fsp3) is 0.750. The quantitative estimate of drug-likeness (QED) is 0.750. The predicted molar refractivity (Wildman–Crippen MR) is 68.2 cm³/mol. The molecule has 0 spiro atoms. The maximum atomic E-state index is 5.50. The van der Waals surface area contributed by atoms with E-state index in [4.69, 9.17) is 9.15 Å². The summed E-state index contributed by atoms with van der Waals surface area (Å²) in [4.78, 5) is 6.56. The number of nitrogens with one attached hydrogen (secondary N) is 1. The minimum Gasteiger partial charge on any atom is -0.432 e. The number of methoxy groups -OCH3 is 1. The van der Waals surface area contributed by atoms with Crippen molar-refractivity contribution >= 4 is 6.01 Å². The van der Waals surface area contributed by atoms with Crippen LogP contribution in [0, 0.1) is 0 Å². The van der Waals surface area contributed by atoms with Gasteiger partial charge >= 0.3 is 0 Å². The van der Waals surface area contributed by atoms with Gasteiger partial charge in [0.25, 0.3) is 6.01 Å². The number of oxazole rings is 1. The summed E-state index contributed by atoms with van der Waals surface area (Å²) in [7, 11) is 1.70. The Morgan fingerprint density at radius 3 is 2.88 bits per heavy atom. The zero-order valence-corrected chi connectivity index (χ0v) is 11.2. The molecule has 0 fully saturated rings. The van der Waals surface area contributed by atoms with E-state index in [0.29, 0.717) is 12.6 Å². The molecule has 1 atom stereocenters. The second-order valence-electron chi connectivity index (χ2n) is 3.99. The summed E-state index contributed by atoms with van der Waals surface area (Å²) in [5.41, 5.74) is 0.935. The lowest BCUT2D eigenvalue weighted by atomic mass is 10.3. The third-order valence-corrected chi connectivity index (χ3v) is 2.62. The molecule has 0 aliphatic heterocycles. The van der Waals surface area contributed by atoms with Crippen LogP contribution in [0.3, 0.4) is 0 Å². The third kappa shape index (κ3) is 4.02. The van der Waals surface area contributed by atoms with Crippen molar-refractivity contribution in [3.05, 3.63) is 12.0 Å². The molecule has 0 amide bonds. The largest absolute Gasteiger partial charge is 0.432 e. The molecule has 0 aromatic carbocycles. The van der Waals surface area contributed by atoms with Gasteiger partial charge in [0.05, 0.1) is 18.3 Å². The zero-order valence-electron chi connectivity index (χ0n) is 11.2. The third-order valence-electron chi connectivity index (χ3n) is 2.62. The van der Waals surface area contributed by atoms with Gasteiger partial charge in [-0.05, 0) is 20.4 Å². The van der Waals surface area contributed by atoms with Crippen molar-refractivity contribution in [2.45, 2.75) is 33.4 Å². The van der Waals surface area contributed by atoms with Gasteiger partial charge in [-0.15, -0.1) is 0 Å². The van der Waals surface area contributed by atoms with Crippen molar-refractivity contribution in [2.75, 3.05) is 31.7 Å². The van der Waals surface area contributed by atoms with Gasteiger partial charge in [-0.25, -0.2) is 0 Å². The lowest BCUT2D eigenvalue weighted by Crippen LogP contribution is -2.36. The van der Waals surface area contributed by atoms with Crippen LogP contribution in [0.1, 0.15) is 26.5 Å². The highest BCUT2D eigenvalue weighted by molar-refractivity contribution is 5.28. The molecule has 1 heterocycles. The first-order valence-electron chi connectivity index (χ1n) is 6.13. The number of ether oxygens (including phenoxy) is 1. The summed E-state index contributed by atoms with van der Waals surface area (Å²) in [6.45, 7) is 9.45. The van der Waals surface area contributed by atoms with Crippen LogP contribution in [-0.2, 0) is 11.3 Å². The van der Waals surface area contributed by atoms with Crippen molar-refractivity contribution in [1.29, 1.82) is 0 Å². The van der Waals surface area contributed by atoms with E-state index in [1.807, 2.05) is 0 Å². The van der Waals surface area contributed by atoms with Gasteiger partial charge in [0.1, 0.15) is 6.26 Å². The Morgan fingerprint density at radius 2 is 2.29 bits per heavy atom. The van der Waals surface area contributed by atoms with Crippen LogP contribution >= 0.6 is 0 Å². The van der Waals surface area contributed by atoms with Crippen LogP contribution in [0.4, 0.5) is 6.01 Å². The second kappa shape index (κ2) is 7.29. The SMILES string of the molecule is CCNCc1coc(N(CC)C(C)COC)n1. The molecular weight excluding hydrogens is 218 g/mol. The maximum absolute atomic E-state index is 5.50. The molecule has 1 aromatic rings. The number of hydrogen-bond acceptors (Lipinski definition) is 5. The summed E-state index contributed by atoms with van der Waals surface area (Å²) in [6.07, 6.45) is 1.71. The van der Waals surface area contributed by atoms with Gasteiger partial charge in [0.15, 0.2) is 0 Å². The van der Waals surface area contributed by atoms with Gasteiger partial charge in [-0.3, -0.25) is 0 Å². The molecule has 0 saturated heterocycles. The van der Waals surface area contributed by atoms with Gasteiger partial charge < -0.3 is 19.4 Å². The van der Waals surface area contributed by atoms with E-state index in [2.05, 4.69) is 36.0 Å². The van der Waals surface area contributed by atoms with Crippen molar-refractivity contribution in [3.8, 4) is 0 Å². The first-order valence-corrected chi connectivity index (χ1v) is 6.13. The Kier molecular flexibility index (Phi) is 6.00. The van der Waals surface area contributed by atoms with Crippen molar-refractivity contribution in [1.82, 2.24) is 10.3 Å². The average molecular weight is 241 g/mol. The molecule has 17 heavy (non-hydrogen) atoms. The number of likely N-dealkylation sites (N-methyl/N-ethyl adjacent to an activating group) is 1. The van der Waals surface area contributed by atoms with Crippen molar-refractivity contribution in [2.24, 2.45) is 0 Å². The number of rotatable bonds is 8. The lowest BCUT2D eigenvalue weighted by molar-refractivity contribution is 0.180. The number of nitrogens with zero attached hydrogens (tertiary/aromatic N) is 2. The van der Waals surface area contributed by atoms with Crippen LogP contribution in [0.15, 0.2) is 10.7 Å². The van der Waals surface area contributed by atoms with Crippen LogP contribution in [0.5, 0.6) is 0 Å². The molecule has 0 radical (unpaired) electrons. The second-order valence-corrected chi connectivity index (χ2v) is 3.99. The molecule has 0 saturated carbocycles. The Hall–Kier alpha value is -1.07. The maximum Gasteiger partial charge on any atom is 0.297 e. The molecule has 1 N–H and O–H groups in total. The Labute approximate surface area is 103 Å². The Balaban J connectivity index is 2.65. The van der Waals surface area contributed by atoms with Gasteiger partial charge in [0.2, 0.25) is 0 Å². The minimum atomic E-state index is 0.260. The van der Waals surface area contributed by atoms with E-state index in [-0.39, 0.29) is 6.04 Å². The molecule has 5 nitrogen and oxygen atoms in total. The van der Waals surface area contributed by atoms with E-state index in [9.17, 15) is 0 Å². The summed E-state index contributed by atoms with van der Waals surface area (Å²) < 4.78 is 10.7. The predicted octanol–water partition coefficient (Wildman–Crippen LogP) is 1.65. The van der Waals surface area contributed by atoms with Crippen LogP contribution in [0.25, 0.3) is 0 Å². The van der Waals surface area contributed by atoms with E-state index in [0.717, 1.165) is 25.3 Å². The van der Waals surface area contributed by atoms with Crippen LogP contribution in [0.2, 0.25) is 0 Å². The minimum absolute atomic E-state index is 0.260. The summed E-state index contributed by atoms with van der Waals surface area (Å²) in [5.74, 6) is 0. The van der Waals surface area contributed by atoms with Gasteiger partial charge in [-0.1, -0.05) is 6.92 Å². The molecule has 0 aliphatic rings. The summed E-state index contributed by atoms with van der Waals surface area (Å²) >= 11 is 0. The number of hydrogen-bond donors (Lipinski definition) is 1. The summed E-state index contributed by atoms with van der Waals surface area (Å²) in [6, 6.07) is 0.931. The topological polar surface area (TPSA) is 50.5 Å². The fourth-order valence-corrected chi connectivity index (χ4v) is 1.73. The average Bonchev–Trinajstić information content (AvgIpc) is 2.76. The van der Waals surface area contributed by atoms with Crippen LogP contribution in [-0.4, -0.2) is 37.8 Å². The molecule has 1 rings (SSSR count). The molecule has 0 aliphatic carbocycles. The highest BCUT2D eigenvalue weighted by Crippen LogP contribution is 2.16. The number of anilines is 1. The highest BCUT2D eigenvalue weighted by atomic mass is 16.5. The van der Waals surface area contributed by atoms with E-state index >= 15 is 0 Å². The standard InChI is InChI=1S/C12H23N3O2/c1-5-13-7-11-9-17-12(14-11)15(6-2)10(3)8-16-4/h9-10,13H,5-8H2,1-4H3. The summed E-state index contributed by atoms with van der Waals surface area (Å²) in [5, 5.41) is 3.22. The smallest absolute Gasteiger partial charge is 0.297 e. The van der Waals surface area contributed by atoms with Crippen molar-refractivity contribution in [3.63, 3.8) is 0 Å². The molecule has 1 unspecified atom stereocenters. The fourth-order valence-electron chi connectivity index (χ4n) is 1.73. The first-order chi connectivity index (χ1) is 8.22. The lowest BCUT2D eigenvalue weighted by Gasteiger charge is -2.25. The Morgan fingerprint density at radius 1 is 1.53 bits per heavy atom. The van der Waals surface area contributed by atoms with E-state index in [1.165, 1.54) is 0 Å². The molecule has 0 bridgehead atoms. The number of aromatic nitrogens is 1. The van der Waals surface area contributed by atoms with E-state index in [1.54, 1.807) is 13.4 Å². The first kappa shape index (κ1) is 14.0. The van der Waals surface area contributed by atoms with Gasteiger partial charge in [-0.2, -0.15) is 4.98 Å². The molecular formula is C12H23N3O2. The van der Waals surface area contributed by atoms with Crippen LogP contribution < -0.4 is 10.2 Å². The van der Waals surface area contributed by atoms with Crippen molar-refractivity contribution < 1.29 is 9.15 Å². The monoisotopic (exact) mass is 241 g/mol. The zero-order chi connectivity index (χ0) is 12.7. The Bertz CT molecular complexity index is 314. The molecule has 98 valence electrons. The van der Waals surface area contributed by atoms with E-state index < -0.39 is 0 Å². The normalized spacial score (nSPS) is 12.7. The molecule has 5 heteroatoms. The van der Waals surface area contributed by atoms with Gasteiger partial charge in [0, 0.05) is 20.2 Å².